The Kier molecular flexibility index (Phi) is 3.76. The van der Waals surface area contributed by atoms with Gasteiger partial charge in [0.15, 0.2) is 0 Å². The normalized spacial score (nSPS) is 12.2. The Morgan fingerprint density at radius 1 is 1.47 bits per heavy atom. The number of phenols is 1. The Balaban J connectivity index is 2.26. The third kappa shape index (κ3) is 2.71. The summed E-state index contributed by atoms with van der Waals surface area (Å²) < 4.78 is 4.76. The molecule has 1 heterocycles. The van der Waals surface area contributed by atoms with Gasteiger partial charge in [-0.25, -0.2) is 0 Å². The summed E-state index contributed by atoms with van der Waals surface area (Å²) >= 11 is 5.84. The molecular weight excluding hydrogens is 268 g/mol. The van der Waals surface area contributed by atoms with Gasteiger partial charge in [0.1, 0.15) is 17.7 Å². The second kappa shape index (κ2) is 5.32. The highest BCUT2D eigenvalue weighted by Gasteiger charge is 2.23. The maximum Gasteiger partial charge on any atom is 0.257 e. The lowest BCUT2D eigenvalue weighted by Gasteiger charge is -2.23. The molecule has 1 amide bonds. The Morgan fingerprint density at radius 3 is 2.84 bits per heavy atom. The first-order valence-electron chi connectivity index (χ1n) is 5.66. The molecule has 0 saturated carbocycles. The monoisotopic (exact) mass is 280 g/mol. The number of amides is 1. The van der Waals surface area contributed by atoms with Crippen molar-refractivity contribution in [2.75, 3.05) is 7.05 Å². The molecule has 0 aliphatic heterocycles. The van der Waals surface area contributed by atoms with Crippen LogP contribution >= 0.6 is 11.6 Å². The standard InChI is InChI=1S/C13H13ClN2O3/c1-8(11-5-6-19-15-11)16(2)13(18)10-7-9(14)3-4-12(10)17/h3-8,17H,1-2H3/t8-/m0/s1. The van der Waals surface area contributed by atoms with E-state index in [1.807, 2.05) is 6.92 Å². The first-order valence-corrected chi connectivity index (χ1v) is 6.04. The molecule has 19 heavy (non-hydrogen) atoms. The van der Waals surface area contributed by atoms with Crippen LogP contribution in [0.5, 0.6) is 5.75 Å². The summed E-state index contributed by atoms with van der Waals surface area (Å²) in [6.07, 6.45) is 1.45. The van der Waals surface area contributed by atoms with Crippen LogP contribution in [0.15, 0.2) is 35.1 Å². The van der Waals surface area contributed by atoms with Gasteiger partial charge in [0.05, 0.1) is 11.6 Å². The number of carbonyl (C=O) groups excluding carboxylic acids is 1. The summed E-state index contributed by atoms with van der Waals surface area (Å²) in [6, 6.07) is 5.76. The number of halogens is 1. The van der Waals surface area contributed by atoms with Crippen molar-refractivity contribution in [1.82, 2.24) is 10.1 Å². The fourth-order valence-electron chi connectivity index (χ4n) is 1.68. The number of hydrogen-bond acceptors (Lipinski definition) is 4. The van der Waals surface area contributed by atoms with Crippen LogP contribution in [0, 0.1) is 0 Å². The summed E-state index contributed by atoms with van der Waals surface area (Å²) in [5, 5.41) is 13.9. The number of aromatic nitrogens is 1. The number of carbonyl (C=O) groups is 1. The summed E-state index contributed by atoms with van der Waals surface area (Å²) in [7, 11) is 1.63. The topological polar surface area (TPSA) is 66.6 Å². The molecule has 5 nitrogen and oxygen atoms in total. The number of hydrogen-bond donors (Lipinski definition) is 1. The highest BCUT2D eigenvalue weighted by atomic mass is 35.5. The van der Waals surface area contributed by atoms with Crippen molar-refractivity contribution < 1.29 is 14.4 Å². The van der Waals surface area contributed by atoms with Crippen molar-refractivity contribution in [1.29, 1.82) is 0 Å². The molecule has 6 heteroatoms. The average molecular weight is 281 g/mol. The van der Waals surface area contributed by atoms with Crippen LogP contribution in [0.25, 0.3) is 0 Å². The summed E-state index contributed by atoms with van der Waals surface area (Å²) in [5.74, 6) is -0.441. The molecule has 0 aliphatic rings. The van der Waals surface area contributed by atoms with Crippen LogP contribution in [-0.4, -0.2) is 28.1 Å². The molecule has 0 unspecified atom stereocenters. The van der Waals surface area contributed by atoms with Gasteiger partial charge in [-0.3, -0.25) is 4.79 Å². The second-order valence-corrected chi connectivity index (χ2v) is 4.61. The van der Waals surface area contributed by atoms with E-state index in [-0.39, 0.29) is 23.3 Å². The van der Waals surface area contributed by atoms with Crippen molar-refractivity contribution in [2.45, 2.75) is 13.0 Å². The molecule has 0 spiro atoms. The molecule has 2 rings (SSSR count). The van der Waals surface area contributed by atoms with E-state index < -0.39 is 0 Å². The summed E-state index contributed by atoms with van der Waals surface area (Å²) in [6.45, 7) is 1.82. The Labute approximate surface area is 115 Å². The van der Waals surface area contributed by atoms with E-state index in [1.54, 1.807) is 13.1 Å². The number of aromatic hydroxyl groups is 1. The lowest BCUT2D eigenvalue weighted by molar-refractivity contribution is 0.0734. The Bertz CT molecular complexity index is 584. The zero-order valence-electron chi connectivity index (χ0n) is 10.5. The van der Waals surface area contributed by atoms with Gasteiger partial charge < -0.3 is 14.5 Å². The largest absolute Gasteiger partial charge is 0.507 e. The van der Waals surface area contributed by atoms with Crippen molar-refractivity contribution >= 4 is 17.5 Å². The number of benzene rings is 1. The van der Waals surface area contributed by atoms with E-state index in [4.69, 9.17) is 16.1 Å². The Morgan fingerprint density at radius 2 is 2.21 bits per heavy atom. The minimum absolute atomic E-state index is 0.103. The van der Waals surface area contributed by atoms with Crippen LogP contribution in [0.2, 0.25) is 5.02 Å². The molecule has 2 aromatic rings. The van der Waals surface area contributed by atoms with E-state index in [2.05, 4.69) is 5.16 Å². The molecule has 1 atom stereocenters. The van der Waals surface area contributed by atoms with Gasteiger partial charge in [0.2, 0.25) is 0 Å². The Hall–Kier alpha value is -2.01. The molecule has 0 saturated heterocycles. The minimum Gasteiger partial charge on any atom is -0.507 e. The fraction of sp³-hybridized carbons (Fsp3) is 0.231. The highest BCUT2D eigenvalue weighted by Crippen LogP contribution is 2.26. The molecule has 1 N–H and O–H groups in total. The van der Waals surface area contributed by atoms with Crippen LogP contribution in [0.3, 0.4) is 0 Å². The van der Waals surface area contributed by atoms with Crippen LogP contribution in [-0.2, 0) is 0 Å². The van der Waals surface area contributed by atoms with E-state index in [1.165, 1.54) is 29.4 Å². The zero-order valence-corrected chi connectivity index (χ0v) is 11.3. The van der Waals surface area contributed by atoms with Gasteiger partial charge in [-0.1, -0.05) is 16.8 Å². The molecule has 100 valence electrons. The number of rotatable bonds is 3. The van der Waals surface area contributed by atoms with Crippen molar-refractivity contribution in [2.24, 2.45) is 0 Å². The SMILES string of the molecule is C[C@@H](c1ccon1)N(C)C(=O)c1cc(Cl)ccc1O. The number of phenolic OH excluding ortho intramolecular Hbond substituents is 1. The highest BCUT2D eigenvalue weighted by molar-refractivity contribution is 6.31. The van der Waals surface area contributed by atoms with Gasteiger partial charge >= 0.3 is 0 Å². The van der Waals surface area contributed by atoms with Crippen molar-refractivity contribution in [3.8, 4) is 5.75 Å². The average Bonchev–Trinajstić information content (AvgIpc) is 2.93. The molecule has 1 aromatic heterocycles. The number of nitrogens with zero attached hydrogens (tertiary/aromatic N) is 2. The van der Waals surface area contributed by atoms with Gasteiger partial charge in [-0.2, -0.15) is 0 Å². The van der Waals surface area contributed by atoms with Gasteiger partial charge in [0, 0.05) is 18.1 Å². The van der Waals surface area contributed by atoms with E-state index in [0.29, 0.717) is 10.7 Å². The molecular formula is C13H13ClN2O3. The predicted octanol–water partition coefficient (Wildman–Crippen LogP) is 2.87. The fourth-order valence-corrected chi connectivity index (χ4v) is 1.85. The predicted molar refractivity (Wildman–Crippen MR) is 70.1 cm³/mol. The van der Waals surface area contributed by atoms with Crippen LogP contribution in [0.4, 0.5) is 0 Å². The maximum absolute atomic E-state index is 12.3. The minimum atomic E-state index is -0.337. The molecule has 0 radical (unpaired) electrons. The third-order valence-electron chi connectivity index (χ3n) is 2.98. The lowest BCUT2D eigenvalue weighted by Crippen LogP contribution is -2.29. The smallest absolute Gasteiger partial charge is 0.257 e. The van der Waals surface area contributed by atoms with E-state index in [9.17, 15) is 9.90 Å². The van der Waals surface area contributed by atoms with Crippen molar-refractivity contribution in [3.05, 3.63) is 46.8 Å². The molecule has 1 aromatic carbocycles. The van der Waals surface area contributed by atoms with Crippen LogP contribution in [0.1, 0.15) is 29.0 Å². The van der Waals surface area contributed by atoms with Crippen LogP contribution < -0.4 is 0 Å². The first-order chi connectivity index (χ1) is 9.00. The molecule has 0 bridgehead atoms. The molecule has 0 fully saturated rings. The van der Waals surface area contributed by atoms with Gasteiger partial charge in [-0.05, 0) is 25.1 Å². The lowest BCUT2D eigenvalue weighted by atomic mass is 10.1. The molecule has 0 aliphatic carbocycles. The maximum atomic E-state index is 12.3. The van der Waals surface area contributed by atoms with Gasteiger partial charge in [0.25, 0.3) is 5.91 Å². The quantitative estimate of drug-likeness (QED) is 0.939. The van der Waals surface area contributed by atoms with E-state index in [0.717, 1.165) is 0 Å². The summed E-state index contributed by atoms with van der Waals surface area (Å²) in [4.78, 5) is 13.8. The second-order valence-electron chi connectivity index (χ2n) is 4.18. The zero-order chi connectivity index (χ0) is 14.0. The summed E-state index contributed by atoms with van der Waals surface area (Å²) in [5.41, 5.74) is 0.794. The van der Waals surface area contributed by atoms with Crippen molar-refractivity contribution in [3.63, 3.8) is 0 Å². The first kappa shape index (κ1) is 13.4. The van der Waals surface area contributed by atoms with Gasteiger partial charge in [-0.15, -0.1) is 0 Å². The third-order valence-corrected chi connectivity index (χ3v) is 3.21. The van der Waals surface area contributed by atoms with E-state index >= 15 is 0 Å².